The summed E-state index contributed by atoms with van der Waals surface area (Å²) in [7, 11) is 0. The molecule has 0 amide bonds. The number of aromatic nitrogens is 1. The van der Waals surface area contributed by atoms with Gasteiger partial charge in [0.1, 0.15) is 5.75 Å². The number of nitrogens with zero attached hydrogens (tertiary/aromatic N) is 1. The molecule has 1 heterocycles. The number of anilines is 1. The van der Waals surface area contributed by atoms with Gasteiger partial charge in [0.25, 0.3) is 0 Å². The van der Waals surface area contributed by atoms with Crippen LogP contribution < -0.4 is 5.32 Å². The molecule has 3 nitrogen and oxygen atoms in total. The highest BCUT2D eigenvalue weighted by atomic mass is 16.3. The van der Waals surface area contributed by atoms with E-state index in [0.717, 1.165) is 30.8 Å². The molecule has 0 fully saturated rings. The first-order chi connectivity index (χ1) is 8.70. The predicted molar refractivity (Wildman–Crippen MR) is 74.9 cm³/mol. The largest absolute Gasteiger partial charge is 0.508 e. The second-order valence-corrected chi connectivity index (χ2v) is 4.55. The third-order valence-corrected chi connectivity index (χ3v) is 3.06. The molecule has 0 aliphatic rings. The zero-order valence-corrected chi connectivity index (χ0v) is 11.0. The van der Waals surface area contributed by atoms with E-state index in [1.165, 1.54) is 5.69 Å². The molecule has 0 unspecified atom stereocenters. The molecular formula is C15H20N2O. The maximum absolute atomic E-state index is 9.48. The number of nitrogens with one attached hydrogen (secondary N) is 1. The van der Waals surface area contributed by atoms with Crippen LogP contribution in [0.4, 0.5) is 5.69 Å². The first kappa shape index (κ1) is 12.6. The Morgan fingerprint density at radius 2 is 2.11 bits per heavy atom. The summed E-state index contributed by atoms with van der Waals surface area (Å²) in [6, 6.07) is 9.80. The van der Waals surface area contributed by atoms with Crippen LogP contribution in [0.5, 0.6) is 5.75 Å². The van der Waals surface area contributed by atoms with E-state index in [2.05, 4.69) is 35.1 Å². The van der Waals surface area contributed by atoms with Gasteiger partial charge >= 0.3 is 0 Å². The molecular weight excluding hydrogens is 224 g/mol. The van der Waals surface area contributed by atoms with Crippen molar-refractivity contribution in [1.82, 2.24) is 4.57 Å². The molecule has 0 spiro atoms. The summed E-state index contributed by atoms with van der Waals surface area (Å²) >= 11 is 0. The van der Waals surface area contributed by atoms with Crippen LogP contribution in [0.3, 0.4) is 0 Å². The quantitative estimate of drug-likeness (QED) is 0.790. The third kappa shape index (κ3) is 2.86. The summed E-state index contributed by atoms with van der Waals surface area (Å²) in [5.74, 6) is 0.343. The fourth-order valence-electron chi connectivity index (χ4n) is 2.03. The van der Waals surface area contributed by atoms with Gasteiger partial charge in [-0.15, -0.1) is 0 Å². The molecule has 0 atom stereocenters. The molecule has 1 aromatic heterocycles. The zero-order chi connectivity index (χ0) is 13.0. The molecule has 2 rings (SSSR count). The number of aromatic hydroxyl groups is 1. The van der Waals surface area contributed by atoms with Crippen LogP contribution in [-0.2, 0) is 13.1 Å². The van der Waals surface area contributed by atoms with Crippen LogP contribution in [0, 0.1) is 6.92 Å². The average Bonchev–Trinajstić information content (AvgIpc) is 2.79. The zero-order valence-electron chi connectivity index (χ0n) is 11.0. The Bertz CT molecular complexity index is 517. The second-order valence-electron chi connectivity index (χ2n) is 4.55. The third-order valence-electron chi connectivity index (χ3n) is 3.06. The average molecular weight is 244 g/mol. The van der Waals surface area contributed by atoms with Crippen LogP contribution in [-0.4, -0.2) is 9.67 Å². The van der Waals surface area contributed by atoms with Gasteiger partial charge in [0.2, 0.25) is 0 Å². The van der Waals surface area contributed by atoms with Gasteiger partial charge in [-0.3, -0.25) is 0 Å². The number of rotatable bonds is 5. The summed E-state index contributed by atoms with van der Waals surface area (Å²) in [6.07, 6.45) is 3.25. The Morgan fingerprint density at radius 1 is 1.28 bits per heavy atom. The van der Waals surface area contributed by atoms with Crippen LogP contribution >= 0.6 is 0 Å². The Balaban J connectivity index is 2.02. The minimum absolute atomic E-state index is 0.343. The minimum Gasteiger partial charge on any atom is -0.508 e. The predicted octanol–water partition coefficient (Wildman–Crippen LogP) is 3.52. The van der Waals surface area contributed by atoms with Crippen molar-refractivity contribution in [3.05, 3.63) is 47.8 Å². The first-order valence-corrected chi connectivity index (χ1v) is 6.38. The monoisotopic (exact) mass is 244 g/mol. The lowest BCUT2D eigenvalue weighted by Crippen LogP contribution is -2.06. The number of phenolic OH excluding ortho intramolecular Hbond substituents is 1. The number of aryl methyl sites for hydroxylation is 2. The van der Waals surface area contributed by atoms with Gasteiger partial charge in [-0.1, -0.05) is 6.92 Å². The van der Waals surface area contributed by atoms with Gasteiger partial charge in [0, 0.05) is 24.1 Å². The Morgan fingerprint density at radius 3 is 2.83 bits per heavy atom. The number of phenols is 1. The molecule has 0 radical (unpaired) electrons. The minimum atomic E-state index is 0.343. The molecule has 2 aromatic rings. The lowest BCUT2D eigenvalue weighted by molar-refractivity contribution is 0.471. The van der Waals surface area contributed by atoms with E-state index in [1.807, 2.05) is 19.1 Å². The fraction of sp³-hybridized carbons (Fsp3) is 0.333. The molecule has 0 saturated heterocycles. The van der Waals surface area contributed by atoms with Gasteiger partial charge < -0.3 is 15.0 Å². The Kier molecular flexibility index (Phi) is 3.92. The van der Waals surface area contributed by atoms with Gasteiger partial charge in [-0.25, -0.2) is 0 Å². The lowest BCUT2D eigenvalue weighted by atomic mass is 10.2. The molecule has 0 aliphatic heterocycles. The standard InChI is InChI=1S/C15H20N2O/c1-3-8-17-9-4-5-14(17)11-16-13-6-7-15(18)12(2)10-13/h4-7,9-10,16,18H,3,8,11H2,1-2H3. The van der Waals surface area contributed by atoms with Crippen molar-refractivity contribution in [1.29, 1.82) is 0 Å². The maximum atomic E-state index is 9.48. The Labute approximate surface area is 108 Å². The highest BCUT2D eigenvalue weighted by Crippen LogP contribution is 2.20. The normalized spacial score (nSPS) is 10.6. The van der Waals surface area contributed by atoms with Crippen LogP contribution in [0.1, 0.15) is 24.6 Å². The fourth-order valence-corrected chi connectivity index (χ4v) is 2.03. The topological polar surface area (TPSA) is 37.2 Å². The summed E-state index contributed by atoms with van der Waals surface area (Å²) in [5.41, 5.74) is 3.21. The Hall–Kier alpha value is -1.90. The number of hydrogen-bond donors (Lipinski definition) is 2. The van der Waals surface area contributed by atoms with Crippen molar-refractivity contribution in [3.63, 3.8) is 0 Å². The SMILES string of the molecule is CCCn1cccc1CNc1ccc(O)c(C)c1. The molecule has 0 bridgehead atoms. The van der Waals surface area contributed by atoms with Gasteiger partial charge in [-0.2, -0.15) is 0 Å². The van der Waals surface area contributed by atoms with Crippen molar-refractivity contribution in [2.45, 2.75) is 33.4 Å². The highest BCUT2D eigenvalue weighted by molar-refractivity contribution is 5.50. The highest BCUT2D eigenvalue weighted by Gasteiger charge is 2.01. The van der Waals surface area contributed by atoms with Crippen molar-refractivity contribution in [3.8, 4) is 5.75 Å². The molecule has 1 aromatic carbocycles. The molecule has 0 saturated carbocycles. The summed E-state index contributed by atoms with van der Waals surface area (Å²) in [6.45, 7) is 5.94. The molecule has 0 aliphatic carbocycles. The van der Waals surface area contributed by atoms with E-state index < -0.39 is 0 Å². The van der Waals surface area contributed by atoms with E-state index in [9.17, 15) is 5.11 Å². The maximum Gasteiger partial charge on any atom is 0.118 e. The molecule has 96 valence electrons. The van der Waals surface area contributed by atoms with Crippen LogP contribution in [0.2, 0.25) is 0 Å². The van der Waals surface area contributed by atoms with Gasteiger partial charge in [0.15, 0.2) is 0 Å². The van der Waals surface area contributed by atoms with Crippen molar-refractivity contribution in [2.75, 3.05) is 5.32 Å². The molecule has 18 heavy (non-hydrogen) atoms. The second kappa shape index (κ2) is 5.63. The summed E-state index contributed by atoms with van der Waals surface area (Å²) in [5, 5.41) is 12.9. The van der Waals surface area contributed by atoms with Gasteiger partial charge in [0.05, 0.1) is 6.54 Å². The van der Waals surface area contributed by atoms with Gasteiger partial charge in [-0.05, 0) is 49.2 Å². The lowest BCUT2D eigenvalue weighted by Gasteiger charge is -2.11. The van der Waals surface area contributed by atoms with Crippen LogP contribution in [0.25, 0.3) is 0 Å². The van der Waals surface area contributed by atoms with Crippen molar-refractivity contribution < 1.29 is 5.11 Å². The number of hydrogen-bond acceptors (Lipinski definition) is 2. The van der Waals surface area contributed by atoms with E-state index in [1.54, 1.807) is 6.07 Å². The van der Waals surface area contributed by atoms with Crippen molar-refractivity contribution >= 4 is 5.69 Å². The molecule has 3 heteroatoms. The summed E-state index contributed by atoms with van der Waals surface area (Å²) < 4.78 is 2.26. The molecule has 2 N–H and O–H groups in total. The smallest absolute Gasteiger partial charge is 0.118 e. The van der Waals surface area contributed by atoms with E-state index in [0.29, 0.717) is 5.75 Å². The van der Waals surface area contributed by atoms with E-state index >= 15 is 0 Å². The van der Waals surface area contributed by atoms with E-state index in [4.69, 9.17) is 0 Å². The number of benzene rings is 1. The van der Waals surface area contributed by atoms with E-state index in [-0.39, 0.29) is 0 Å². The first-order valence-electron chi connectivity index (χ1n) is 6.38. The van der Waals surface area contributed by atoms with Crippen LogP contribution in [0.15, 0.2) is 36.5 Å². The summed E-state index contributed by atoms with van der Waals surface area (Å²) in [4.78, 5) is 0. The van der Waals surface area contributed by atoms with Crippen molar-refractivity contribution in [2.24, 2.45) is 0 Å².